The molecular formula is C14H29NO. The molecule has 96 valence electrons. The van der Waals surface area contributed by atoms with Gasteiger partial charge in [-0.1, -0.05) is 26.2 Å². The zero-order valence-electron chi connectivity index (χ0n) is 11.3. The Balaban J connectivity index is 2.04. The van der Waals surface area contributed by atoms with Crippen molar-refractivity contribution >= 4 is 0 Å². The highest BCUT2D eigenvalue weighted by Gasteiger charge is 2.41. The zero-order valence-corrected chi connectivity index (χ0v) is 11.3. The molecule has 2 heteroatoms. The fourth-order valence-electron chi connectivity index (χ4n) is 2.20. The fourth-order valence-corrected chi connectivity index (χ4v) is 2.20. The van der Waals surface area contributed by atoms with Crippen molar-refractivity contribution in [2.45, 2.75) is 64.8 Å². The second kappa shape index (κ2) is 7.29. The predicted octanol–water partition coefficient (Wildman–Crippen LogP) is 3.36. The smallest absolute Gasteiger partial charge is 0.0468 e. The lowest BCUT2D eigenvalue weighted by atomic mass is 10.0. The predicted molar refractivity (Wildman–Crippen MR) is 69.8 cm³/mol. The molecule has 1 fully saturated rings. The number of methoxy groups -OCH3 is 1. The van der Waals surface area contributed by atoms with Crippen LogP contribution in [0.3, 0.4) is 0 Å². The standard InChI is InChI=1S/C14H29NO/c1-4-5-6-7-13(2)15-12-14(8-9-14)10-11-16-3/h13,15H,4-12H2,1-3H3. The highest BCUT2D eigenvalue weighted by molar-refractivity contribution is 4.95. The van der Waals surface area contributed by atoms with Gasteiger partial charge < -0.3 is 10.1 Å². The summed E-state index contributed by atoms with van der Waals surface area (Å²) < 4.78 is 5.18. The first-order chi connectivity index (χ1) is 7.72. The summed E-state index contributed by atoms with van der Waals surface area (Å²) >= 11 is 0. The Labute approximate surface area is 101 Å². The molecule has 0 aromatic heterocycles. The van der Waals surface area contributed by atoms with E-state index in [1.165, 1.54) is 51.5 Å². The Kier molecular flexibility index (Phi) is 6.37. The summed E-state index contributed by atoms with van der Waals surface area (Å²) in [4.78, 5) is 0. The third-order valence-corrected chi connectivity index (χ3v) is 3.86. The topological polar surface area (TPSA) is 21.3 Å². The number of hydrogen-bond donors (Lipinski definition) is 1. The molecular weight excluding hydrogens is 198 g/mol. The molecule has 1 rings (SSSR count). The van der Waals surface area contributed by atoms with Crippen LogP contribution in [0.25, 0.3) is 0 Å². The molecule has 0 saturated heterocycles. The van der Waals surface area contributed by atoms with Crippen molar-refractivity contribution in [2.24, 2.45) is 5.41 Å². The van der Waals surface area contributed by atoms with Gasteiger partial charge in [0.15, 0.2) is 0 Å². The van der Waals surface area contributed by atoms with E-state index in [1.54, 1.807) is 7.11 Å². The van der Waals surface area contributed by atoms with Crippen LogP contribution in [-0.2, 0) is 4.74 Å². The number of nitrogens with one attached hydrogen (secondary N) is 1. The first-order valence-corrected chi connectivity index (χ1v) is 6.95. The highest BCUT2D eigenvalue weighted by Crippen LogP contribution is 2.48. The van der Waals surface area contributed by atoms with Crippen LogP contribution in [0.4, 0.5) is 0 Å². The molecule has 1 aliphatic carbocycles. The van der Waals surface area contributed by atoms with E-state index in [0.717, 1.165) is 6.61 Å². The van der Waals surface area contributed by atoms with E-state index >= 15 is 0 Å². The Morgan fingerprint density at radius 3 is 2.62 bits per heavy atom. The molecule has 0 radical (unpaired) electrons. The van der Waals surface area contributed by atoms with Crippen molar-refractivity contribution in [2.75, 3.05) is 20.3 Å². The van der Waals surface area contributed by atoms with Gasteiger partial charge in [0.2, 0.25) is 0 Å². The molecule has 1 saturated carbocycles. The summed E-state index contributed by atoms with van der Waals surface area (Å²) in [7, 11) is 1.80. The SMILES string of the molecule is CCCCCC(C)NCC1(CCOC)CC1. The number of rotatable bonds is 10. The number of ether oxygens (including phenoxy) is 1. The van der Waals surface area contributed by atoms with E-state index in [-0.39, 0.29) is 0 Å². The van der Waals surface area contributed by atoms with Gasteiger partial charge in [0, 0.05) is 26.3 Å². The van der Waals surface area contributed by atoms with Crippen LogP contribution in [0.15, 0.2) is 0 Å². The molecule has 0 heterocycles. The summed E-state index contributed by atoms with van der Waals surface area (Å²) in [6, 6.07) is 0.687. The van der Waals surface area contributed by atoms with Gasteiger partial charge in [0.1, 0.15) is 0 Å². The fraction of sp³-hybridized carbons (Fsp3) is 1.00. The van der Waals surface area contributed by atoms with Crippen molar-refractivity contribution in [1.29, 1.82) is 0 Å². The van der Waals surface area contributed by atoms with E-state index in [4.69, 9.17) is 4.74 Å². The first kappa shape index (κ1) is 14.0. The van der Waals surface area contributed by atoms with E-state index < -0.39 is 0 Å². The second-order valence-corrected chi connectivity index (χ2v) is 5.52. The van der Waals surface area contributed by atoms with Crippen LogP contribution in [-0.4, -0.2) is 26.3 Å². The molecule has 1 N–H and O–H groups in total. The normalized spacial score (nSPS) is 19.7. The third-order valence-electron chi connectivity index (χ3n) is 3.86. The second-order valence-electron chi connectivity index (χ2n) is 5.52. The zero-order chi connectivity index (χ0) is 11.9. The van der Waals surface area contributed by atoms with Gasteiger partial charge in [-0.15, -0.1) is 0 Å². The minimum absolute atomic E-state index is 0.592. The average molecular weight is 227 g/mol. The van der Waals surface area contributed by atoms with Gasteiger partial charge in [-0.05, 0) is 38.0 Å². The molecule has 0 aliphatic heterocycles. The quantitative estimate of drug-likeness (QED) is 0.578. The van der Waals surface area contributed by atoms with Crippen LogP contribution in [0, 0.1) is 5.41 Å². The van der Waals surface area contributed by atoms with Crippen LogP contribution in [0.2, 0.25) is 0 Å². The van der Waals surface area contributed by atoms with E-state index in [9.17, 15) is 0 Å². The van der Waals surface area contributed by atoms with Crippen molar-refractivity contribution in [3.63, 3.8) is 0 Å². The Bertz CT molecular complexity index is 178. The van der Waals surface area contributed by atoms with Gasteiger partial charge in [0.05, 0.1) is 0 Å². The third kappa shape index (κ3) is 5.31. The van der Waals surface area contributed by atoms with Crippen molar-refractivity contribution in [3.8, 4) is 0 Å². The summed E-state index contributed by atoms with van der Waals surface area (Å²) in [6.07, 6.45) is 9.42. The monoisotopic (exact) mass is 227 g/mol. The molecule has 0 amide bonds. The van der Waals surface area contributed by atoms with E-state index in [1.807, 2.05) is 0 Å². The Morgan fingerprint density at radius 2 is 2.06 bits per heavy atom. The van der Waals surface area contributed by atoms with Crippen molar-refractivity contribution < 1.29 is 4.74 Å². The molecule has 1 aliphatic rings. The lowest BCUT2D eigenvalue weighted by molar-refractivity contribution is 0.170. The van der Waals surface area contributed by atoms with E-state index in [2.05, 4.69) is 19.2 Å². The molecule has 1 atom stereocenters. The maximum atomic E-state index is 5.18. The van der Waals surface area contributed by atoms with Crippen LogP contribution in [0.5, 0.6) is 0 Å². The molecule has 0 aromatic carbocycles. The van der Waals surface area contributed by atoms with Crippen molar-refractivity contribution in [1.82, 2.24) is 5.32 Å². The Hall–Kier alpha value is -0.0800. The number of unbranched alkanes of at least 4 members (excludes halogenated alkanes) is 2. The molecule has 2 nitrogen and oxygen atoms in total. The molecule has 16 heavy (non-hydrogen) atoms. The van der Waals surface area contributed by atoms with Crippen LogP contribution >= 0.6 is 0 Å². The highest BCUT2D eigenvalue weighted by atomic mass is 16.5. The van der Waals surface area contributed by atoms with Crippen LogP contribution < -0.4 is 5.32 Å². The van der Waals surface area contributed by atoms with Gasteiger partial charge in [-0.25, -0.2) is 0 Å². The molecule has 1 unspecified atom stereocenters. The number of hydrogen-bond acceptors (Lipinski definition) is 2. The largest absolute Gasteiger partial charge is 0.385 e. The minimum atomic E-state index is 0.592. The summed E-state index contributed by atoms with van der Waals surface area (Å²) in [5.74, 6) is 0. The maximum Gasteiger partial charge on any atom is 0.0468 e. The lowest BCUT2D eigenvalue weighted by Crippen LogP contribution is -2.32. The lowest BCUT2D eigenvalue weighted by Gasteiger charge is -2.19. The summed E-state index contributed by atoms with van der Waals surface area (Å²) in [5, 5.41) is 3.70. The summed E-state index contributed by atoms with van der Waals surface area (Å²) in [6.45, 7) is 6.71. The van der Waals surface area contributed by atoms with Gasteiger partial charge in [-0.2, -0.15) is 0 Å². The first-order valence-electron chi connectivity index (χ1n) is 6.95. The van der Waals surface area contributed by atoms with Gasteiger partial charge in [-0.3, -0.25) is 0 Å². The van der Waals surface area contributed by atoms with E-state index in [0.29, 0.717) is 11.5 Å². The Morgan fingerprint density at radius 1 is 1.31 bits per heavy atom. The molecule has 0 bridgehead atoms. The maximum absolute atomic E-state index is 5.18. The van der Waals surface area contributed by atoms with Gasteiger partial charge >= 0.3 is 0 Å². The molecule has 0 spiro atoms. The molecule has 0 aromatic rings. The average Bonchev–Trinajstić information content (AvgIpc) is 3.05. The summed E-state index contributed by atoms with van der Waals surface area (Å²) in [5.41, 5.74) is 0.592. The van der Waals surface area contributed by atoms with Gasteiger partial charge in [0.25, 0.3) is 0 Å². The van der Waals surface area contributed by atoms with Crippen LogP contribution in [0.1, 0.15) is 58.8 Å². The minimum Gasteiger partial charge on any atom is -0.385 e. The van der Waals surface area contributed by atoms with Crippen molar-refractivity contribution in [3.05, 3.63) is 0 Å².